The average Bonchev–Trinajstić information content (AvgIpc) is 2.62. The molecule has 1 aromatic heterocycles. The SMILES string of the molecule is CCCNCCNC(=O)c1cccc(NC(=O)c2cccnc2)c1. The van der Waals surface area contributed by atoms with Gasteiger partial charge in [-0.15, -0.1) is 0 Å². The van der Waals surface area contributed by atoms with E-state index in [0.717, 1.165) is 19.5 Å². The van der Waals surface area contributed by atoms with Crippen LogP contribution in [0.5, 0.6) is 0 Å². The fourth-order valence-corrected chi connectivity index (χ4v) is 2.11. The van der Waals surface area contributed by atoms with Gasteiger partial charge in [0.25, 0.3) is 11.8 Å². The maximum atomic E-state index is 12.1. The van der Waals surface area contributed by atoms with Crippen molar-refractivity contribution in [2.45, 2.75) is 13.3 Å². The number of carbonyl (C=O) groups is 2. The first kappa shape index (κ1) is 17.6. The van der Waals surface area contributed by atoms with Crippen LogP contribution in [0, 0.1) is 0 Å². The van der Waals surface area contributed by atoms with E-state index in [2.05, 4.69) is 27.9 Å². The van der Waals surface area contributed by atoms with Gasteiger partial charge in [0.2, 0.25) is 0 Å². The van der Waals surface area contributed by atoms with Gasteiger partial charge in [-0.3, -0.25) is 14.6 Å². The zero-order chi connectivity index (χ0) is 17.2. The highest BCUT2D eigenvalue weighted by Crippen LogP contribution is 2.12. The number of hydrogen-bond acceptors (Lipinski definition) is 4. The van der Waals surface area contributed by atoms with E-state index in [1.807, 2.05) is 0 Å². The number of rotatable bonds is 8. The minimum Gasteiger partial charge on any atom is -0.351 e. The van der Waals surface area contributed by atoms with Gasteiger partial charge in [-0.25, -0.2) is 0 Å². The summed E-state index contributed by atoms with van der Waals surface area (Å²) in [6.07, 6.45) is 4.17. The summed E-state index contributed by atoms with van der Waals surface area (Å²) < 4.78 is 0. The summed E-state index contributed by atoms with van der Waals surface area (Å²) in [5.41, 5.74) is 1.55. The summed E-state index contributed by atoms with van der Waals surface area (Å²) >= 11 is 0. The molecule has 0 atom stereocenters. The normalized spacial score (nSPS) is 10.2. The van der Waals surface area contributed by atoms with Crippen LogP contribution >= 0.6 is 0 Å². The molecule has 2 rings (SSSR count). The van der Waals surface area contributed by atoms with Crippen LogP contribution in [0.25, 0.3) is 0 Å². The molecule has 0 saturated carbocycles. The second-order valence-corrected chi connectivity index (χ2v) is 5.28. The Morgan fingerprint density at radius 1 is 1.00 bits per heavy atom. The topological polar surface area (TPSA) is 83.1 Å². The highest BCUT2D eigenvalue weighted by Gasteiger charge is 2.09. The molecular weight excluding hydrogens is 304 g/mol. The van der Waals surface area contributed by atoms with Gasteiger partial charge in [0.1, 0.15) is 0 Å². The summed E-state index contributed by atoms with van der Waals surface area (Å²) in [7, 11) is 0. The molecule has 0 aliphatic rings. The Morgan fingerprint density at radius 3 is 2.58 bits per heavy atom. The van der Waals surface area contributed by atoms with Crippen LogP contribution in [0.2, 0.25) is 0 Å². The second kappa shape index (κ2) is 9.42. The molecule has 0 aliphatic carbocycles. The number of benzene rings is 1. The zero-order valence-corrected chi connectivity index (χ0v) is 13.7. The van der Waals surface area contributed by atoms with E-state index in [0.29, 0.717) is 23.4 Å². The van der Waals surface area contributed by atoms with Crippen molar-refractivity contribution in [1.29, 1.82) is 0 Å². The van der Waals surface area contributed by atoms with Gasteiger partial charge in [-0.2, -0.15) is 0 Å². The smallest absolute Gasteiger partial charge is 0.257 e. The number of carbonyl (C=O) groups excluding carboxylic acids is 2. The third-order valence-electron chi connectivity index (χ3n) is 3.32. The van der Waals surface area contributed by atoms with Gasteiger partial charge >= 0.3 is 0 Å². The van der Waals surface area contributed by atoms with Gasteiger partial charge in [-0.1, -0.05) is 13.0 Å². The lowest BCUT2D eigenvalue weighted by molar-refractivity contribution is 0.0952. The molecule has 126 valence electrons. The van der Waals surface area contributed by atoms with E-state index < -0.39 is 0 Å². The number of nitrogens with one attached hydrogen (secondary N) is 3. The number of nitrogens with zero attached hydrogens (tertiary/aromatic N) is 1. The summed E-state index contributed by atoms with van der Waals surface area (Å²) in [6.45, 7) is 4.32. The van der Waals surface area contributed by atoms with Crippen LogP contribution in [-0.2, 0) is 0 Å². The van der Waals surface area contributed by atoms with E-state index in [1.54, 1.807) is 42.6 Å². The van der Waals surface area contributed by atoms with E-state index >= 15 is 0 Å². The molecule has 1 aromatic carbocycles. The minimum absolute atomic E-state index is 0.161. The predicted octanol–water partition coefficient (Wildman–Crippen LogP) is 2.06. The summed E-state index contributed by atoms with van der Waals surface area (Å²) in [5.74, 6) is -0.421. The van der Waals surface area contributed by atoms with Crippen molar-refractivity contribution in [3.63, 3.8) is 0 Å². The zero-order valence-electron chi connectivity index (χ0n) is 13.7. The Balaban J connectivity index is 1.91. The van der Waals surface area contributed by atoms with Crippen LogP contribution in [0.15, 0.2) is 48.8 Å². The number of hydrogen-bond donors (Lipinski definition) is 3. The summed E-state index contributed by atoms with van der Waals surface area (Å²) in [5, 5.41) is 8.83. The Kier molecular flexibility index (Phi) is 6.91. The molecule has 6 nitrogen and oxygen atoms in total. The molecule has 0 radical (unpaired) electrons. The Morgan fingerprint density at radius 2 is 1.83 bits per heavy atom. The molecule has 6 heteroatoms. The fourth-order valence-electron chi connectivity index (χ4n) is 2.11. The first-order chi connectivity index (χ1) is 11.7. The Hall–Kier alpha value is -2.73. The predicted molar refractivity (Wildman–Crippen MR) is 94.1 cm³/mol. The highest BCUT2D eigenvalue weighted by molar-refractivity contribution is 6.04. The fraction of sp³-hybridized carbons (Fsp3) is 0.278. The lowest BCUT2D eigenvalue weighted by atomic mass is 10.1. The number of aromatic nitrogens is 1. The van der Waals surface area contributed by atoms with Gasteiger partial charge in [0.05, 0.1) is 5.56 Å². The van der Waals surface area contributed by atoms with Crippen LogP contribution in [-0.4, -0.2) is 36.4 Å². The van der Waals surface area contributed by atoms with E-state index in [1.165, 1.54) is 6.20 Å². The molecular formula is C18H22N4O2. The van der Waals surface area contributed by atoms with Crippen molar-refractivity contribution in [1.82, 2.24) is 15.6 Å². The van der Waals surface area contributed by atoms with Gasteiger partial charge in [0.15, 0.2) is 0 Å². The van der Waals surface area contributed by atoms with Crippen molar-refractivity contribution in [3.8, 4) is 0 Å². The highest BCUT2D eigenvalue weighted by atomic mass is 16.2. The van der Waals surface area contributed by atoms with Gasteiger partial charge < -0.3 is 16.0 Å². The van der Waals surface area contributed by atoms with Crippen LogP contribution < -0.4 is 16.0 Å². The second-order valence-electron chi connectivity index (χ2n) is 5.28. The van der Waals surface area contributed by atoms with Crippen molar-refractivity contribution >= 4 is 17.5 Å². The van der Waals surface area contributed by atoms with Crippen molar-refractivity contribution < 1.29 is 9.59 Å². The molecule has 0 fully saturated rings. The first-order valence-corrected chi connectivity index (χ1v) is 8.01. The van der Waals surface area contributed by atoms with Gasteiger partial charge in [-0.05, 0) is 43.3 Å². The molecule has 0 saturated heterocycles. The summed E-state index contributed by atoms with van der Waals surface area (Å²) in [4.78, 5) is 28.1. The molecule has 3 N–H and O–H groups in total. The number of amides is 2. The van der Waals surface area contributed by atoms with E-state index in [4.69, 9.17) is 0 Å². The van der Waals surface area contributed by atoms with E-state index in [9.17, 15) is 9.59 Å². The molecule has 24 heavy (non-hydrogen) atoms. The van der Waals surface area contributed by atoms with E-state index in [-0.39, 0.29) is 11.8 Å². The minimum atomic E-state index is -0.260. The molecule has 0 spiro atoms. The molecule has 0 aliphatic heterocycles. The quantitative estimate of drug-likeness (QED) is 0.649. The van der Waals surface area contributed by atoms with Crippen LogP contribution in [0.4, 0.5) is 5.69 Å². The third kappa shape index (κ3) is 5.48. The van der Waals surface area contributed by atoms with Crippen molar-refractivity contribution in [2.75, 3.05) is 25.0 Å². The lowest BCUT2D eigenvalue weighted by Gasteiger charge is -2.09. The van der Waals surface area contributed by atoms with Crippen molar-refractivity contribution in [3.05, 3.63) is 59.9 Å². The maximum absolute atomic E-state index is 12.1. The number of pyridine rings is 1. The molecule has 2 aromatic rings. The van der Waals surface area contributed by atoms with Gasteiger partial charge in [0, 0.05) is 36.7 Å². The van der Waals surface area contributed by atoms with Crippen molar-refractivity contribution in [2.24, 2.45) is 0 Å². The largest absolute Gasteiger partial charge is 0.351 e. The summed E-state index contributed by atoms with van der Waals surface area (Å²) in [6, 6.07) is 10.2. The molecule has 2 amide bonds. The molecule has 1 heterocycles. The monoisotopic (exact) mass is 326 g/mol. The number of anilines is 1. The average molecular weight is 326 g/mol. The standard InChI is InChI=1S/C18H22N4O2/c1-2-8-19-10-11-21-17(23)14-5-3-7-16(12-14)22-18(24)15-6-4-9-20-13-15/h3-7,9,12-13,19H,2,8,10-11H2,1H3,(H,21,23)(H,22,24). The maximum Gasteiger partial charge on any atom is 0.257 e. The third-order valence-corrected chi connectivity index (χ3v) is 3.32. The molecule has 0 bridgehead atoms. The Bertz CT molecular complexity index is 674. The first-order valence-electron chi connectivity index (χ1n) is 8.01. The van der Waals surface area contributed by atoms with Crippen LogP contribution in [0.1, 0.15) is 34.1 Å². The molecule has 0 unspecified atom stereocenters. The lowest BCUT2D eigenvalue weighted by Crippen LogP contribution is -2.32. The Labute approximate surface area is 141 Å². The van der Waals surface area contributed by atoms with Crippen LogP contribution in [0.3, 0.4) is 0 Å².